The molecule has 2 aliphatic rings. The highest BCUT2D eigenvalue weighted by Crippen LogP contribution is 2.25. The molecule has 2 fully saturated rings. The number of hydrogen-bond acceptors (Lipinski definition) is 4. The molecule has 140 valence electrons. The second-order valence-electron chi connectivity index (χ2n) is 6.64. The van der Waals surface area contributed by atoms with E-state index in [4.69, 9.17) is 10.5 Å². The molecule has 1 saturated heterocycles. The second-order valence-corrected chi connectivity index (χ2v) is 6.64. The molecule has 7 heteroatoms. The maximum absolute atomic E-state index is 12.7. The quantitative estimate of drug-likeness (QED) is 0.719. The van der Waals surface area contributed by atoms with E-state index < -0.39 is 0 Å². The van der Waals surface area contributed by atoms with Crippen molar-refractivity contribution in [2.75, 3.05) is 26.2 Å². The van der Waals surface area contributed by atoms with Crippen molar-refractivity contribution >= 4 is 24.2 Å². The number of nitrogens with zero attached hydrogens (tertiary/aromatic N) is 1. The number of amides is 2. The lowest BCUT2D eigenvalue weighted by Crippen LogP contribution is -2.49. The third-order valence-electron chi connectivity index (χ3n) is 4.85. The molecule has 2 atom stereocenters. The third kappa shape index (κ3) is 5.90. The van der Waals surface area contributed by atoms with E-state index in [0.717, 1.165) is 32.2 Å². The van der Waals surface area contributed by atoms with Gasteiger partial charge in [-0.3, -0.25) is 9.59 Å². The molecule has 0 radical (unpaired) electrons. The van der Waals surface area contributed by atoms with Gasteiger partial charge in [0.25, 0.3) is 5.91 Å². The maximum atomic E-state index is 12.7. The third-order valence-corrected chi connectivity index (χ3v) is 4.85. The number of carbonyl (C=O) groups excluding carboxylic acids is 2. The number of piperidine rings is 1. The van der Waals surface area contributed by atoms with Gasteiger partial charge in [0.2, 0.25) is 5.91 Å². The standard InChI is InChI=1S/C17H31N3O3.ClH/c1-2-15(23-14-7-3-4-8-14)17(22)20-11-5-6-13(12-20)16(21)19-10-9-18;/h13-15H,2-12,18H2,1H3,(H,19,21);1H. The summed E-state index contributed by atoms with van der Waals surface area (Å²) in [6.07, 6.45) is 6.79. The smallest absolute Gasteiger partial charge is 0.251 e. The zero-order chi connectivity index (χ0) is 16.7. The van der Waals surface area contributed by atoms with E-state index in [1.807, 2.05) is 11.8 Å². The van der Waals surface area contributed by atoms with Gasteiger partial charge in [-0.1, -0.05) is 19.8 Å². The zero-order valence-electron chi connectivity index (χ0n) is 14.7. The molecule has 24 heavy (non-hydrogen) atoms. The fourth-order valence-corrected chi connectivity index (χ4v) is 3.52. The molecule has 2 rings (SSSR count). The van der Waals surface area contributed by atoms with Gasteiger partial charge in [-0.15, -0.1) is 12.4 Å². The van der Waals surface area contributed by atoms with Crippen LogP contribution in [0.5, 0.6) is 0 Å². The summed E-state index contributed by atoms with van der Waals surface area (Å²) >= 11 is 0. The molecule has 0 spiro atoms. The fourth-order valence-electron chi connectivity index (χ4n) is 3.52. The van der Waals surface area contributed by atoms with Crippen molar-refractivity contribution in [3.05, 3.63) is 0 Å². The van der Waals surface area contributed by atoms with Gasteiger partial charge in [0.05, 0.1) is 12.0 Å². The van der Waals surface area contributed by atoms with Crippen LogP contribution >= 0.6 is 12.4 Å². The predicted octanol–water partition coefficient (Wildman–Crippen LogP) is 1.46. The number of halogens is 1. The molecule has 2 unspecified atom stereocenters. The van der Waals surface area contributed by atoms with Crippen molar-refractivity contribution in [2.45, 2.75) is 64.1 Å². The zero-order valence-corrected chi connectivity index (χ0v) is 15.5. The molecule has 1 heterocycles. The molecule has 0 aromatic carbocycles. The number of nitrogens with two attached hydrogens (primary N) is 1. The van der Waals surface area contributed by atoms with E-state index in [2.05, 4.69) is 5.32 Å². The number of rotatable bonds is 7. The largest absolute Gasteiger partial charge is 0.365 e. The van der Waals surface area contributed by atoms with Gasteiger partial charge in [0, 0.05) is 26.2 Å². The molecule has 1 aliphatic carbocycles. The second kappa shape index (κ2) is 10.9. The van der Waals surface area contributed by atoms with Crippen LogP contribution in [-0.2, 0) is 14.3 Å². The van der Waals surface area contributed by atoms with Crippen LogP contribution in [0, 0.1) is 5.92 Å². The predicted molar refractivity (Wildman–Crippen MR) is 96.0 cm³/mol. The summed E-state index contributed by atoms with van der Waals surface area (Å²) in [6.45, 7) is 4.15. The Morgan fingerprint density at radius 2 is 1.96 bits per heavy atom. The van der Waals surface area contributed by atoms with E-state index in [1.54, 1.807) is 0 Å². The lowest BCUT2D eigenvalue weighted by Gasteiger charge is -2.34. The Kier molecular flexibility index (Phi) is 9.63. The van der Waals surface area contributed by atoms with Crippen LogP contribution in [0.2, 0.25) is 0 Å². The number of carbonyl (C=O) groups is 2. The summed E-state index contributed by atoms with van der Waals surface area (Å²) in [5.41, 5.74) is 5.42. The molecular formula is C17H32ClN3O3. The van der Waals surface area contributed by atoms with Gasteiger partial charge < -0.3 is 20.7 Å². The summed E-state index contributed by atoms with van der Waals surface area (Å²) in [4.78, 5) is 26.7. The first-order valence-electron chi connectivity index (χ1n) is 9.07. The highest BCUT2D eigenvalue weighted by atomic mass is 35.5. The van der Waals surface area contributed by atoms with E-state index in [-0.39, 0.29) is 42.3 Å². The summed E-state index contributed by atoms with van der Waals surface area (Å²) in [5.74, 6) is -0.0586. The molecule has 0 aromatic heterocycles. The summed E-state index contributed by atoms with van der Waals surface area (Å²) in [5, 5.41) is 2.83. The number of nitrogens with one attached hydrogen (secondary N) is 1. The number of ether oxygens (including phenoxy) is 1. The molecule has 3 N–H and O–H groups in total. The first-order chi connectivity index (χ1) is 11.2. The first-order valence-corrected chi connectivity index (χ1v) is 9.07. The van der Waals surface area contributed by atoms with Crippen LogP contribution in [0.4, 0.5) is 0 Å². The summed E-state index contributed by atoms with van der Waals surface area (Å²) in [6, 6.07) is 0. The first kappa shape index (κ1) is 21.2. The van der Waals surface area contributed by atoms with E-state index in [9.17, 15) is 9.59 Å². The van der Waals surface area contributed by atoms with Crippen LogP contribution in [0.1, 0.15) is 51.9 Å². The molecule has 1 saturated carbocycles. The Balaban J connectivity index is 0.00000288. The SMILES string of the molecule is CCC(OC1CCCC1)C(=O)N1CCCC(C(=O)NCCN)C1.Cl. The average Bonchev–Trinajstić information content (AvgIpc) is 3.10. The lowest BCUT2D eigenvalue weighted by atomic mass is 9.96. The van der Waals surface area contributed by atoms with Crippen molar-refractivity contribution in [3.63, 3.8) is 0 Å². The molecule has 6 nitrogen and oxygen atoms in total. The minimum absolute atomic E-state index is 0. The topological polar surface area (TPSA) is 84.7 Å². The van der Waals surface area contributed by atoms with Crippen molar-refractivity contribution in [1.82, 2.24) is 10.2 Å². The average molecular weight is 362 g/mol. The Hall–Kier alpha value is -0.850. The molecule has 0 bridgehead atoms. The minimum atomic E-state index is -0.357. The Labute approximate surface area is 151 Å². The molecule has 1 aliphatic heterocycles. The van der Waals surface area contributed by atoms with Gasteiger partial charge in [-0.2, -0.15) is 0 Å². The Morgan fingerprint density at radius 1 is 1.25 bits per heavy atom. The van der Waals surface area contributed by atoms with Crippen molar-refractivity contribution in [2.24, 2.45) is 11.7 Å². The fraction of sp³-hybridized carbons (Fsp3) is 0.882. The van der Waals surface area contributed by atoms with Crippen LogP contribution in [0.15, 0.2) is 0 Å². The summed E-state index contributed by atoms with van der Waals surface area (Å²) in [7, 11) is 0. The Bertz CT molecular complexity index is 403. The molecular weight excluding hydrogens is 330 g/mol. The molecule has 0 aromatic rings. The maximum Gasteiger partial charge on any atom is 0.251 e. The monoisotopic (exact) mass is 361 g/mol. The van der Waals surface area contributed by atoms with E-state index in [0.29, 0.717) is 26.1 Å². The molecule has 2 amide bonds. The number of likely N-dealkylation sites (tertiary alicyclic amines) is 1. The Morgan fingerprint density at radius 3 is 2.58 bits per heavy atom. The summed E-state index contributed by atoms with van der Waals surface area (Å²) < 4.78 is 6.03. The number of hydrogen-bond donors (Lipinski definition) is 2. The highest BCUT2D eigenvalue weighted by molar-refractivity contribution is 5.85. The van der Waals surface area contributed by atoms with Crippen molar-refractivity contribution < 1.29 is 14.3 Å². The van der Waals surface area contributed by atoms with Crippen LogP contribution < -0.4 is 11.1 Å². The van der Waals surface area contributed by atoms with Gasteiger partial charge in [-0.05, 0) is 32.1 Å². The van der Waals surface area contributed by atoms with Crippen molar-refractivity contribution in [1.29, 1.82) is 0 Å². The minimum Gasteiger partial charge on any atom is -0.365 e. The van der Waals surface area contributed by atoms with Gasteiger partial charge in [0.15, 0.2) is 0 Å². The van der Waals surface area contributed by atoms with Crippen LogP contribution in [0.25, 0.3) is 0 Å². The van der Waals surface area contributed by atoms with Gasteiger partial charge in [0.1, 0.15) is 6.10 Å². The normalized spacial score (nSPS) is 22.8. The van der Waals surface area contributed by atoms with E-state index in [1.165, 1.54) is 12.8 Å². The highest BCUT2D eigenvalue weighted by Gasteiger charge is 2.33. The van der Waals surface area contributed by atoms with Gasteiger partial charge in [-0.25, -0.2) is 0 Å². The lowest BCUT2D eigenvalue weighted by molar-refractivity contribution is -0.150. The van der Waals surface area contributed by atoms with Gasteiger partial charge >= 0.3 is 0 Å². The van der Waals surface area contributed by atoms with E-state index >= 15 is 0 Å². The van der Waals surface area contributed by atoms with Crippen LogP contribution in [-0.4, -0.2) is 55.1 Å². The van der Waals surface area contributed by atoms with Crippen molar-refractivity contribution in [3.8, 4) is 0 Å². The van der Waals surface area contributed by atoms with Crippen LogP contribution in [0.3, 0.4) is 0 Å².